The topological polar surface area (TPSA) is 46.2 Å². The average molecular weight is 345 g/mol. The van der Waals surface area contributed by atoms with Crippen LogP contribution in [0.25, 0.3) is 0 Å². The van der Waals surface area contributed by atoms with Gasteiger partial charge in [-0.2, -0.15) is 0 Å². The Bertz CT molecular complexity index is 389. The van der Waals surface area contributed by atoms with Gasteiger partial charge in [-0.25, -0.2) is 0 Å². The van der Waals surface area contributed by atoms with Crippen molar-refractivity contribution >= 4 is 50.1 Å². The molecule has 20 heavy (non-hydrogen) atoms. The molecule has 0 heterocycles. The molecule has 5 heteroatoms. The fraction of sp³-hybridized carbons (Fsp3) is 0.200. The number of aliphatic hydroxyl groups is 1. The quantitative estimate of drug-likeness (QED) is 0.825. The summed E-state index contributed by atoms with van der Waals surface area (Å²) in [5.74, 6) is 0. The second-order valence-corrected chi connectivity index (χ2v) is 4.06. The van der Waals surface area contributed by atoms with Crippen molar-refractivity contribution in [2.75, 3.05) is 13.2 Å². The van der Waals surface area contributed by atoms with Crippen LogP contribution >= 0.6 is 12.9 Å². The number of halogens is 1. The first kappa shape index (κ1) is 19.7. The van der Waals surface area contributed by atoms with Gasteiger partial charge in [-0.3, -0.25) is 0 Å². The van der Waals surface area contributed by atoms with Gasteiger partial charge in [-0.1, -0.05) is 78.4 Å². The van der Waals surface area contributed by atoms with E-state index in [1.807, 2.05) is 0 Å². The highest BCUT2D eigenvalue weighted by atomic mass is 79.9. The Kier molecular flexibility index (Phi) is 13.4. The van der Waals surface area contributed by atoms with E-state index in [4.69, 9.17) is 10.8 Å². The number of aliphatic hydroxyl groups excluding tert-OH is 1. The summed E-state index contributed by atoms with van der Waals surface area (Å²) in [6, 6.07) is 21.2. The summed E-state index contributed by atoms with van der Waals surface area (Å²) in [4.78, 5) is 0. The van der Waals surface area contributed by atoms with Crippen molar-refractivity contribution in [2.24, 2.45) is 5.73 Å². The summed E-state index contributed by atoms with van der Waals surface area (Å²) in [5, 5.41) is 7.75. The first-order valence-electron chi connectivity index (χ1n) is 6.47. The Morgan fingerprint density at radius 1 is 0.950 bits per heavy atom. The van der Waals surface area contributed by atoms with Crippen LogP contribution in [0.1, 0.15) is 0 Å². The first-order valence-corrected chi connectivity index (χ1v) is 10.4. The number of hydrogen-bond acceptors (Lipinski definition) is 2. The number of nitrogens with two attached hydrogens (primary N) is 1. The zero-order valence-electron chi connectivity index (χ0n) is 11.9. The molecule has 0 bridgehead atoms. The molecule has 0 aliphatic heterocycles. The van der Waals surface area contributed by atoms with Crippen LogP contribution in [0.3, 0.4) is 0 Å². The standard InChI is InChI=1S/C13H13B.C2H7NO.BrH.Mg/c1-14(12-8-4-2-5-9-12)13-10-6-3-7-11-13;3-1-2-4;;/h2-11H,1H3;4H,1-3H2;1H;/q;;;+3/p-1. The van der Waals surface area contributed by atoms with E-state index in [1.54, 1.807) is 19.5 Å². The normalized spacial score (nSPS) is 8.65. The van der Waals surface area contributed by atoms with E-state index in [-0.39, 0.29) is 6.61 Å². The maximum atomic E-state index is 7.75. The van der Waals surface area contributed by atoms with Crippen LogP contribution in [0.5, 0.6) is 0 Å². The van der Waals surface area contributed by atoms with Gasteiger partial charge in [0.15, 0.2) is 0 Å². The van der Waals surface area contributed by atoms with Gasteiger partial charge in [-0.15, -0.1) is 0 Å². The number of benzene rings is 2. The summed E-state index contributed by atoms with van der Waals surface area (Å²) in [6.45, 7) is 3.20. The smallest absolute Gasteiger partial charge is 0.395 e. The van der Waals surface area contributed by atoms with E-state index < -0.39 is 0 Å². The Labute approximate surface area is 141 Å². The summed E-state index contributed by atoms with van der Waals surface area (Å²) < 4.78 is 0. The second kappa shape index (κ2) is 13.6. The van der Waals surface area contributed by atoms with Gasteiger partial charge in [0.1, 0.15) is 0 Å². The largest absolute Gasteiger partial charge is 1.52 e. The molecule has 0 amide bonds. The molecule has 0 saturated carbocycles. The predicted molar refractivity (Wildman–Crippen MR) is 94.6 cm³/mol. The molecule has 2 nitrogen and oxygen atoms in total. The van der Waals surface area contributed by atoms with Crippen molar-refractivity contribution in [1.29, 1.82) is 0 Å². The molecule has 3 N–H and O–H groups in total. The molecular weight excluding hydrogens is 325 g/mol. The molecule has 0 fully saturated rings. The summed E-state index contributed by atoms with van der Waals surface area (Å²) in [6.07, 6.45) is 0. The minimum atomic E-state index is 0.0972. The molecule has 0 unspecified atom stereocenters. The fourth-order valence-electron chi connectivity index (χ4n) is 1.68. The maximum absolute atomic E-state index is 7.75. The zero-order chi connectivity index (χ0) is 15.2. The molecule has 0 aliphatic rings. The Balaban J connectivity index is 0.000000521. The Morgan fingerprint density at radius 2 is 1.25 bits per heavy atom. The molecule has 2 rings (SSSR count). The third-order valence-corrected chi connectivity index (χ3v) is 2.73. The highest BCUT2D eigenvalue weighted by Crippen LogP contribution is 1.91. The van der Waals surface area contributed by atoms with Crippen LogP contribution < -0.4 is 16.7 Å². The van der Waals surface area contributed by atoms with Gasteiger partial charge in [-0.05, 0) is 0 Å². The van der Waals surface area contributed by atoms with Gasteiger partial charge in [0, 0.05) is 6.54 Å². The lowest BCUT2D eigenvalue weighted by Gasteiger charge is -2.08. The number of hydrogen-bond donors (Lipinski definition) is 2. The minimum Gasteiger partial charge on any atom is -0.395 e. The summed E-state index contributed by atoms with van der Waals surface area (Å²) in [5.41, 5.74) is 7.53. The van der Waals surface area contributed by atoms with Crippen LogP contribution in [0.2, 0.25) is 6.82 Å². The molecule has 2 aromatic carbocycles. The monoisotopic (exact) mass is 344 g/mol. The molecule has 2 aromatic rings. The lowest BCUT2D eigenvalue weighted by atomic mass is 9.43. The molecular formula is C15H20BBrMgNO+2. The van der Waals surface area contributed by atoms with Crippen molar-refractivity contribution in [2.45, 2.75) is 6.82 Å². The van der Waals surface area contributed by atoms with E-state index in [0.29, 0.717) is 13.3 Å². The van der Waals surface area contributed by atoms with E-state index in [9.17, 15) is 0 Å². The summed E-state index contributed by atoms with van der Waals surface area (Å²) in [7, 11) is 0. The first-order chi connectivity index (χ1) is 9.79. The van der Waals surface area contributed by atoms with Crippen LogP contribution in [-0.4, -0.2) is 44.5 Å². The SMILES string of the molecule is CB(c1ccccc1)c1ccccc1.NCCO.[Mg+2][Br]. The Morgan fingerprint density at radius 3 is 1.50 bits per heavy atom. The second-order valence-electron chi connectivity index (χ2n) is 4.06. The van der Waals surface area contributed by atoms with Gasteiger partial charge in [0.2, 0.25) is 6.71 Å². The van der Waals surface area contributed by atoms with E-state index in [0.717, 1.165) is 0 Å². The lowest BCUT2D eigenvalue weighted by molar-refractivity contribution is 0.306. The van der Waals surface area contributed by atoms with Crippen molar-refractivity contribution in [3.05, 3.63) is 60.7 Å². The van der Waals surface area contributed by atoms with Gasteiger partial charge < -0.3 is 10.8 Å². The van der Waals surface area contributed by atoms with E-state index in [2.05, 4.69) is 80.4 Å². The molecule has 0 aromatic heterocycles. The maximum Gasteiger partial charge on any atom is 1.52 e. The van der Waals surface area contributed by atoms with Crippen molar-refractivity contribution < 1.29 is 5.11 Å². The zero-order valence-corrected chi connectivity index (χ0v) is 14.9. The molecule has 7 radical (unpaired) electrons. The third-order valence-electron chi connectivity index (χ3n) is 2.73. The highest BCUT2D eigenvalue weighted by Gasteiger charge is 2.13. The third kappa shape index (κ3) is 8.07. The average Bonchev–Trinajstić information content (AvgIpc) is 2.58. The molecule has 0 atom stereocenters. The van der Waals surface area contributed by atoms with Crippen LogP contribution in [0.15, 0.2) is 60.7 Å². The van der Waals surface area contributed by atoms with Crippen LogP contribution in [-0.2, 0) is 0 Å². The van der Waals surface area contributed by atoms with Gasteiger partial charge in [0.05, 0.1) is 6.61 Å². The predicted octanol–water partition coefficient (Wildman–Crippen LogP) is 1.33. The molecule has 0 spiro atoms. The number of rotatable bonds is 3. The minimum absolute atomic E-state index is 0.0972. The van der Waals surface area contributed by atoms with Crippen molar-refractivity contribution in [1.82, 2.24) is 0 Å². The Hall–Kier alpha value is -0.329. The van der Waals surface area contributed by atoms with Crippen LogP contribution in [0, 0.1) is 0 Å². The molecule has 101 valence electrons. The van der Waals surface area contributed by atoms with Crippen molar-refractivity contribution in [3.63, 3.8) is 0 Å². The van der Waals surface area contributed by atoms with E-state index in [1.165, 1.54) is 10.9 Å². The molecule has 0 aliphatic carbocycles. The van der Waals surface area contributed by atoms with Crippen molar-refractivity contribution in [3.8, 4) is 0 Å². The fourth-order valence-corrected chi connectivity index (χ4v) is 1.68. The van der Waals surface area contributed by atoms with E-state index >= 15 is 0 Å². The van der Waals surface area contributed by atoms with Gasteiger partial charge >= 0.3 is 32.4 Å². The lowest BCUT2D eigenvalue weighted by Crippen LogP contribution is -2.38. The summed E-state index contributed by atoms with van der Waals surface area (Å²) >= 11 is 4.64. The molecule has 0 saturated heterocycles. The van der Waals surface area contributed by atoms with Crippen LogP contribution in [0.4, 0.5) is 0 Å². The highest BCUT2D eigenvalue weighted by molar-refractivity contribution is 9.22. The van der Waals surface area contributed by atoms with Gasteiger partial charge in [0.25, 0.3) is 0 Å².